The number of hydrogen-bond acceptors (Lipinski definition) is 4. The van der Waals surface area contributed by atoms with Crippen LogP contribution in [0.1, 0.15) is 41.2 Å². The number of ether oxygens (including phenoxy) is 1. The molecule has 1 unspecified atom stereocenters. The number of aryl methyl sites for hydroxylation is 2. The van der Waals surface area contributed by atoms with Crippen LogP contribution < -0.4 is 10.1 Å². The lowest BCUT2D eigenvalue weighted by Gasteiger charge is -2.44. The molecule has 1 saturated heterocycles. The summed E-state index contributed by atoms with van der Waals surface area (Å²) in [6.07, 6.45) is 2.31. The number of piperazine rings is 1. The number of carbonyl (C=O) groups is 2. The van der Waals surface area contributed by atoms with Gasteiger partial charge in [-0.05, 0) is 60.6 Å². The van der Waals surface area contributed by atoms with Gasteiger partial charge in [-0.3, -0.25) is 9.59 Å². The summed E-state index contributed by atoms with van der Waals surface area (Å²) in [7, 11) is 1.88. The Morgan fingerprint density at radius 1 is 0.951 bits per heavy atom. The van der Waals surface area contributed by atoms with Gasteiger partial charge in [-0.15, -0.1) is 0 Å². The zero-order valence-corrected chi connectivity index (χ0v) is 24.7. The fourth-order valence-electron chi connectivity index (χ4n) is 5.99. The van der Waals surface area contributed by atoms with E-state index in [1.165, 1.54) is 16.7 Å². The van der Waals surface area contributed by atoms with Gasteiger partial charge >= 0.3 is 0 Å². The summed E-state index contributed by atoms with van der Waals surface area (Å²) in [5.74, 6) is 1.02. The molecule has 2 bridgehead atoms. The van der Waals surface area contributed by atoms with E-state index in [0.29, 0.717) is 32.7 Å². The van der Waals surface area contributed by atoms with Gasteiger partial charge in [-0.2, -0.15) is 0 Å². The Morgan fingerprint density at radius 3 is 2.39 bits per heavy atom. The van der Waals surface area contributed by atoms with Crippen molar-refractivity contribution in [3.8, 4) is 5.75 Å². The van der Waals surface area contributed by atoms with Crippen molar-refractivity contribution in [2.24, 2.45) is 0 Å². The molecule has 2 heterocycles. The third-order valence-corrected chi connectivity index (χ3v) is 8.29. The van der Waals surface area contributed by atoms with Gasteiger partial charge in [0.25, 0.3) is 5.91 Å². The second-order valence-corrected chi connectivity index (χ2v) is 11.5. The number of fused-ring (bicyclic) bond motifs is 2. The molecule has 2 aliphatic rings. The van der Waals surface area contributed by atoms with Gasteiger partial charge in [0.15, 0.2) is 0 Å². The zero-order chi connectivity index (χ0) is 28.9. The van der Waals surface area contributed by atoms with Crippen LogP contribution in [0.15, 0.2) is 78.4 Å². The number of likely N-dealkylation sites (N-methyl/N-ethyl adjacent to an activating group) is 1. The lowest BCUT2D eigenvalue weighted by molar-refractivity contribution is -0.132. The van der Waals surface area contributed by atoms with Crippen LogP contribution >= 0.6 is 0 Å². The molecule has 214 valence electrons. The standard InChI is InChI=1S/C35H41N3O3/c1-24-10-15-33(25(2)20-24)41-19-17-28-11-13-29(14-12-28)31-21-30-22-38(26(3)39)23-32(36-30)34(31)35(40)37(4)18-16-27-8-6-5-7-9-27/h5-15,20,30,32,36H,16-19,21-23H2,1-4H3/t30?,32-/m1/s1. The second-order valence-electron chi connectivity index (χ2n) is 11.5. The fourth-order valence-corrected chi connectivity index (χ4v) is 5.99. The molecule has 2 atom stereocenters. The normalized spacial score (nSPS) is 18.3. The maximum Gasteiger partial charge on any atom is 0.251 e. The molecule has 2 aliphatic heterocycles. The van der Waals surface area contributed by atoms with Crippen molar-refractivity contribution in [2.45, 2.75) is 52.1 Å². The van der Waals surface area contributed by atoms with Crippen molar-refractivity contribution in [2.75, 3.05) is 33.3 Å². The Morgan fingerprint density at radius 2 is 1.68 bits per heavy atom. The highest BCUT2D eigenvalue weighted by Gasteiger charge is 2.39. The third kappa shape index (κ3) is 6.88. The topological polar surface area (TPSA) is 61.9 Å². The van der Waals surface area contributed by atoms with Crippen molar-refractivity contribution in [3.63, 3.8) is 0 Å². The van der Waals surface area contributed by atoms with Gasteiger partial charge in [0.2, 0.25) is 5.91 Å². The van der Waals surface area contributed by atoms with Crippen LogP contribution in [0, 0.1) is 13.8 Å². The quantitative estimate of drug-likeness (QED) is 0.408. The van der Waals surface area contributed by atoms with Gasteiger partial charge in [0.1, 0.15) is 5.75 Å². The Kier molecular flexibility index (Phi) is 8.89. The number of hydrogen-bond donors (Lipinski definition) is 1. The Balaban J connectivity index is 1.34. The van der Waals surface area contributed by atoms with E-state index in [0.717, 1.165) is 40.9 Å². The van der Waals surface area contributed by atoms with E-state index in [-0.39, 0.29) is 23.9 Å². The van der Waals surface area contributed by atoms with Gasteiger partial charge < -0.3 is 19.9 Å². The van der Waals surface area contributed by atoms with Gasteiger partial charge in [0, 0.05) is 51.6 Å². The number of rotatable bonds is 9. The van der Waals surface area contributed by atoms with Crippen LogP contribution in [0.5, 0.6) is 5.75 Å². The minimum Gasteiger partial charge on any atom is -0.493 e. The SMILES string of the molecule is CC(=O)N1CC2CC(c3ccc(CCOc4ccc(C)cc4C)cc3)=C(C(=O)N(C)CCc3ccccc3)[C@@H](C1)N2. The molecule has 0 aliphatic carbocycles. The summed E-state index contributed by atoms with van der Waals surface area (Å²) in [5, 5.41) is 3.64. The predicted molar refractivity (Wildman–Crippen MR) is 164 cm³/mol. The van der Waals surface area contributed by atoms with Crippen molar-refractivity contribution in [3.05, 3.63) is 106 Å². The monoisotopic (exact) mass is 551 g/mol. The first-order valence-corrected chi connectivity index (χ1v) is 14.6. The molecule has 3 aromatic carbocycles. The van der Waals surface area contributed by atoms with Crippen molar-refractivity contribution in [1.82, 2.24) is 15.1 Å². The molecular weight excluding hydrogens is 510 g/mol. The minimum atomic E-state index is -0.182. The molecule has 2 amide bonds. The maximum atomic E-state index is 14.0. The smallest absolute Gasteiger partial charge is 0.251 e. The van der Waals surface area contributed by atoms with E-state index in [1.807, 2.05) is 41.1 Å². The Hall–Kier alpha value is -3.90. The molecule has 0 radical (unpaired) electrons. The zero-order valence-electron chi connectivity index (χ0n) is 24.7. The summed E-state index contributed by atoms with van der Waals surface area (Å²) in [6, 6.07) is 25.0. The van der Waals surface area contributed by atoms with Gasteiger partial charge in [-0.1, -0.05) is 72.3 Å². The summed E-state index contributed by atoms with van der Waals surface area (Å²) >= 11 is 0. The number of nitrogens with one attached hydrogen (secondary N) is 1. The van der Waals surface area contributed by atoms with Crippen LogP contribution in [-0.2, 0) is 22.4 Å². The molecule has 0 aromatic heterocycles. The first kappa shape index (κ1) is 28.6. The van der Waals surface area contributed by atoms with Crippen LogP contribution in [0.4, 0.5) is 0 Å². The molecule has 6 heteroatoms. The molecule has 41 heavy (non-hydrogen) atoms. The molecular formula is C35H41N3O3. The molecule has 0 saturated carbocycles. The fraction of sp³-hybridized carbons (Fsp3) is 0.371. The van der Waals surface area contributed by atoms with E-state index in [9.17, 15) is 9.59 Å². The lowest BCUT2D eigenvalue weighted by Crippen LogP contribution is -2.61. The number of benzene rings is 3. The highest BCUT2D eigenvalue weighted by Crippen LogP contribution is 2.34. The summed E-state index contributed by atoms with van der Waals surface area (Å²) in [5.41, 5.74) is 7.75. The Bertz CT molecular complexity index is 1410. The minimum absolute atomic E-state index is 0.0308. The van der Waals surface area contributed by atoms with E-state index >= 15 is 0 Å². The van der Waals surface area contributed by atoms with Crippen molar-refractivity contribution in [1.29, 1.82) is 0 Å². The molecule has 1 fully saturated rings. The van der Waals surface area contributed by atoms with E-state index in [4.69, 9.17) is 4.74 Å². The predicted octanol–water partition coefficient (Wildman–Crippen LogP) is 4.97. The average Bonchev–Trinajstić information content (AvgIpc) is 2.97. The van der Waals surface area contributed by atoms with E-state index in [2.05, 4.69) is 67.7 Å². The second kappa shape index (κ2) is 12.7. The third-order valence-electron chi connectivity index (χ3n) is 8.29. The van der Waals surface area contributed by atoms with Crippen molar-refractivity contribution < 1.29 is 14.3 Å². The molecule has 0 spiro atoms. The maximum absolute atomic E-state index is 14.0. The largest absolute Gasteiger partial charge is 0.493 e. The van der Waals surface area contributed by atoms with E-state index in [1.54, 1.807) is 6.92 Å². The van der Waals surface area contributed by atoms with Crippen LogP contribution in [0.25, 0.3) is 5.57 Å². The molecule has 3 aromatic rings. The Labute approximate surface area is 244 Å². The summed E-state index contributed by atoms with van der Waals surface area (Å²) < 4.78 is 6.05. The van der Waals surface area contributed by atoms with Crippen LogP contribution in [-0.4, -0.2) is 67.0 Å². The lowest BCUT2D eigenvalue weighted by atomic mass is 9.82. The van der Waals surface area contributed by atoms with Crippen LogP contribution in [0.3, 0.4) is 0 Å². The number of carbonyl (C=O) groups excluding carboxylic acids is 2. The molecule has 5 rings (SSSR count). The summed E-state index contributed by atoms with van der Waals surface area (Å²) in [4.78, 5) is 30.0. The summed E-state index contributed by atoms with van der Waals surface area (Å²) in [6.45, 7) is 8.19. The van der Waals surface area contributed by atoms with Gasteiger partial charge in [0.05, 0.1) is 12.6 Å². The van der Waals surface area contributed by atoms with E-state index < -0.39 is 0 Å². The first-order chi connectivity index (χ1) is 19.8. The number of amides is 2. The van der Waals surface area contributed by atoms with Crippen LogP contribution in [0.2, 0.25) is 0 Å². The highest BCUT2D eigenvalue weighted by molar-refractivity contribution is 6.03. The molecule has 1 N–H and O–H groups in total. The van der Waals surface area contributed by atoms with Crippen molar-refractivity contribution >= 4 is 17.4 Å². The average molecular weight is 552 g/mol. The van der Waals surface area contributed by atoms with Gasteiger partial charge in [-0.25, -0.2) is 0 Å². The number of nitrogens with zero attached hydrogens (tertiary/aromatic N) is 2. The first-order valence-electron chi connectivity index (χ1n) is 14.6. The highest BCUT2D eigenvalue weighted by atomic mass is 16.5. The molecule has 6 nitrogen and oxygen atoms in total.